The maximum Gasteiger partial charge on any atom is 0.265 e. The van der Waals surface area contributed by atoms with Gasteiger partial charge in [-0.3, -0.25) is 4.79 Å². The minimum atomic E-state index is -0.551. The molecule has 110 valence electrons. The van der Waals surface area contributed by atoms with E-state index in [9.17, 15) is 4.79 Å². The fraction of sp³-hybridized carbons (Fsp3) is 0.188. The van der Waals surface area contributed by atoms with Gasteiger partial charge in [-0.15, -0.1) is 0 Å². The Morgan fingerprint density at radius 2 is 2.00 bits per heavy atom. The molecule has 3 nitrogen and oxygen atoms in total. The summed E-state index contributed by atoms with van der Waals surface area (Å²) < 4.78 is 6.61. The molecule has 1 amide bonds. The Balaban J connectivity index is 2.03. The summed E-state index contributed by atoms with van der Waals surface area (Å²) in [6.45, 7) is 1.90. The van der Waals surface area contributed by atoms with Gasteiger partial charge < -0.3 is 10.1 Å². The van der Waals surface area contributed by atoms with Gasteiger partial charge in [-0.25, -0.2) is 0 Å². The van der Waals surface area contributed by atoms with Crippen molar-refractivity contribution in [2.75, 3.05) is 5.32 Å². The molecule has 0 aliphatic rings. The first-order valence-electron chi connectivity index (χ1n) is 6.57. The minimum Gasteiger partial charge on any atom is -0.481 e. The third kappa shape index (κ3) is 4.76. The van der Waals surface area contributed by atoms with Crippen LogP contribution in [0.5, 0.6) is 5.75 Å². The lowest BCUT2D eigenvalue weighted by atomic mass is 10.2. The van der Waals surface area contributed by atoms with Gasteiger partial charge >= 0.3 is 0 Å². The molecular formula is C16H15BrClNO2. The summed E-state index contributed by atoms with van der Waals surface area (Å²) in [5, 5.41) is 3.48. The summed E-state index contributed by atoms with van der Waals surface area (Å²) in [5.41, 5.74) is 0.729. The summed E-state index contributed by atoms with van der Waals surface area (Å²) in [5.74, 6) is 0.446. The number of carbonyl (C=O) groups is 1. The topological polar surface area (TPSA) is 38.3 Å². The number of rotatable bonds is 5. The minimum absolute atomic E-state index is 0.175. The van der Waals surface area contributed by atoms with Crippen molar-refractivity contribution < 1.29 is 9.53 Å². The van der Waals surface area contributed by atoms with E-state index in [1.807, 2.05) is 31.2 Å². The zero-order chi connectivity index (χ0) is 15.2. The van der Waals surface area contributed by atoms with E-state index in [4.69, 9.17) is 16.3 Å². The molecule has 0 bridgehead atoms. The highest BCUT2D eigenvalue weighted by molar-refractivity contribution is 9.10. The average Bonchev–Trinajstić information content (AvgIpc) is 2.46. The number of anilines is 1. The standard InChI is InChI=1S/C16H15BrClNO2/c1-2-15(21-14-8-6-12(18)7-9-14)16(20)19-13-5-3-4-11(17)10-13/h3-10,15H,2H2,1H3,(H,19,20)/t15-/m1/s1. The van der Waals surface area contributed by atoms with Crippen LogP contribution < -0.4 is 10.1 Å². The molecule has 2 aromatic rings. The first-order chi connectivity index (χ1) is 10.1. The van der Waals surface area contributed by atoms with Crippen LogP contribution >= 0.6 is 27.5 Å². The first-order valence-corrected chi connectivity index (χ1v) is 7.74. The zero-order valence-corrected chi connectivity index (χ0v) is 13.8. The first kappa shape index (κ1) is 15.9. The summed E-state index contributed by atoms with van der Waals surface area (Å²) in [6, 6.07) is 14.4. The molecule has 1 atom stereocenters. The van der Waals surface area contributed by atoms with Crippen LogP contribution in [0, 0.1) is 0 Å². The van der Waals surface area contributed by atoms with Crippen LogP contribution in [0.25, 0.3) is 0 Å². The summed E-state index contributed by atoms with van der Waals surface area (Å²) in [7, 11) is 0. The molecular weight excluding hydrogens is 354 g/mol. The van der Waals surface area contributed by atoms with E-state index in [-0.39, 0.29) is 5.91 Å². The molecule has 0 aliphatic carbocycles. The lowest BCUT2D eigenvalue weighted by Crippen LogP contribution is -2.32. The largest absolute Gasteiger partial charge is 0.481 e. The Hall–Kier alpha value is -1.52. The van der Waals surface area contributed by atoms with Crippen LogP contribution in [0.4, 0.5) is 5.69 Å². The van der Waals surface area contributed by atoms with E-state index in [1.165, 1.54) is 0 Å². The molecule has 0 saturated carbocycles. The fourth-order valence-electron chi connectivity index (χ4n) is 1.79. The van der Waals surface area contributed by atoms with Crippen molar-refractivity contribution in [2.24, 2.45) is 0 Å². The molecule has 0 saturated heterocycles. The maximum atomic E-state index is 12.2. The van der Waals surface area contributed by atoms with Crippen LogP contribution in [0.3, 0.4) is 0 Å². The normalized spacial score (nSPS) is 11.8. The molecule has 1 N–H and O–H groups in total. The Labute approximate surface area is 137 Å². The Morgan fingerprint density at radius 3 is 2.62 bits per heavy atom. The van der Waals surface area contributed by atoms with Crippen molar-refractivity contribution in [3.63, 3.8) is 0 Å². The van der Waals surface area contributed by atoms with Crippen molar-refractivity contribution in [1.29, 1.82) is 0 Å². The highest BCUT2D eigenvalue weighted by Gasteiger charge is 2.18. The molecule has 5 heteroatoms. The van der Waals surface area contributed by atoms with E-state index in [0.717, 1.165) is 10.2 Å². The summed E-state index contributed by atoms with van der Waals surface area (Å²) in [6.07, 6.45) is 0.0211. The van der Waals surface area contributed by atoms with Gasteiger partial charge in [0.15, 0.2) is 6.10 Å². The predicted molar refractivity (Wildman–Crippen MR) is 88.9 cm³/mol. The Kier molecular flexibility index (Phi) is 5.65. The quantitative estimate of drug-likeness (QED) is 0.815. The van der Waals surface area contributed by atoms with Crippen molar-refractivity contribution in [3.05, 3.63) is 58.0 Å². The van der Waals surface area contributed by atoms with Crippen molar-refractivity contribution in [3.8, 4) is 5.75 Å². The van der Waals surface area contributed by atoms with Gasteiger partial charge in [0.05, 0.1) is 0 Å². The number of halogens is 2. The average molecular weight is 369 g/mol. The van der Waals surface area contributed by atoms with E-state index in [2.05, 4.69) is 21.2 Å². The van der Waals surface area contributed by atoms with Gasteiger partial charge in [-0.05, 0) is 48.9 Å². The van der Waals surface area contributed by atoms with Gasteiger partial charge in [0.1, 0.15) is 5.75 Å². The smallest absolute Gasteiger partial charge is 0.265 e. The van der Waals surface area contributed by atoms with Gasteiger partial charge in [0, 0.05) is 15.2 Å². The van der Waals surface area contributed by atoms with Gasteiger partial charge in [0.2, 0.25) is 0 Å². The third-order valence-corrected chi connectivity index (χ3v) is 3.59. The highest BCUT2D eigenvalue weighted by Crippen LogP contribution is 2.19. The molecule has 21 heavy (non-hydrogen) atoms. The van der Waals surface area contributed by atoms with E-state index in [1.54, 1.807) is 24.3 Å². The Morgan fingerprint density at radius 1 is 1.29 bits per heavy atom. The van der Waals surface area contributed by atoms with Crippen molar-refractivity contribution in [1.82, 2.24) is 0 Å². The lowest BCUT2D eigenvalue weighted by Gasteiger charge is -2.17. The number of amides is 1. The second-order valence-corrected chi connectivity index (χ2v) is 5.82. The number of hydrogen-bond acceptors (Lipinski definition) is 2. The zero-order valence-electron chi connectivity index (χ0n) is 11.5. The third-order valence-electron chi connectivity index (χ3n) is 2.85. The summed E-state index contributed by atoms with van der Waals surface area (Å²) >= 11 is 9.20. The number of nitrogens with one attached hydrogen (secondary N) is 1. The molecule has 0 heterocycles. The molecule has 0 aromatic heterocycles. The van der Waals surface area contributed by atoms with E-state index < -0.39 is 6.10 Å². The summed E-state index contributed by atoms with van der Waals surface area (Å²) in [4.78, 5) is 12.2. The molecule has 2 rings (SSSR count). The number of ether oxygens (including phenoxy) is 1. The highest BCUT2D eigenvalue weighted by atomic mass is 79.9. The van der Waals surface area contributed by atoms with Gasteiger partial charge in [-0.2, -0.15) is 0 Å². The second kappa shape index (κ2) is 7.48. The second-order valence-electron chi connectivity index (χ2n) is 4.47. The van der Waals surface area contributed by atoms with Crippen LogP contribution in [0.2, 0.25) is 5.02 Å². The SMILES string of the molecule is CC[C@@H](Oc1ccc(Cl)cc1)C(=O)Nc1cccc(Br)c1. The molecule has 0 unspecified atom stereocenters. The van der Waals surface area contributed by atoms with Crippen molar-refractivity contribution in [2.45, 2.75) is 19.4 Å². The number of hydrogen-bond donors (Lipinski definition) is 1. The van der Waals surface area contributed by atoms with Gasteiger partial charge in [-0.1, -0.05) is 40.5 Å². The molecule has 2 aromatic carbocycles. The van der Waals surface area contributed by atoms with Crippen LogP contribution in [0.15, 0.2) is 53.0 Å². The maximum absolute atomic E-state index is 12.2. The van der Waals surface area contributed by atoms with E-state index in [0.29, 0.717) is 17.2 Å². The molecule has 0 radical (unpaired) electrons. The molecule has 0 spiro atoms. The number of carbonyl (C=O) groups excluding carboxylic acids is 1. The Bertz CT molecular complexity index is 616. The monoisotopic (exact) mass is 367 g/mol. The predicted octanol–water partition coefficient (Wildman–Crippen LogP) is 4.90. The van der Waals surface area contributed by atoms with Crippen LogP contribution in [-0.2, 0) is 4.79 Å². The molecule has 0 fully saturated rings. The fourth-order valence-corrected chi connectivity index (χ4v) is 2.31. The van der Waals surface area contributed by atoms with Crippen LogP contribution in [-0.4, -0.2) is 12.0 Å². The lowest BCUT2D eigenvalue weighted by molar-refractivity contribution is -0.122. The van der Waals surface area contributed by atoms with Gasteiger partial charge in [0.25, 0.3) is 5.91 Å². The molecule has 0 aliphatic heterocycles. The van der Waals surface area contributed by atoms with Crippen molar-refractivity contribution >= 4 is 39.1 Å². The van der Waals surface area contributed by atoms with Crippen LogP contribution in [0.1, 0.15) is 13.3 Å². The van der Waals surface area contributed by atoms with E-state index >= 15 is 0 Å². The number of benzene rings is 2.